The van der Waals surface area contributed by atoms with E-state index < -0.39 is 12.1 Å². The molecule has 2 bridgehead atoms. The largest absolute Gasteiger partial charge is 0.356 e. The highest BCUT2D eigenvalue weighted by Crippen LogP contribution is 2.28. The minimum atomic E-state index is -0.528. The zero-order chi connectivity index (χ0) is 15.6. The van der Waals surface area contributed by atoms with Crippen molar-refractivity contribution in [2.45, 2.75) is 38.3 Å². The molecule has 9 nitrogen and oxygen atoms in total. The molecule has 2 atom stereocenters. The van der Waals surface area contributed by atoms with E-state index in [2.05, 4.69) is 10.6 Å². The third-order valence-electron chi connectivity index (χ3n) is 3.68. The standard InChI is InChI=1S/C12H19N5O4/c1-7(18)14-5-4-10(19)15-11(13)9-3-2-8-6-16(9)12(20)17(8)21/h8-9,21H,2-6H2,1H3,(H,14,18)(H2,13,15,19)/t8-,9+/m1/s1. The summed E-state index contributed by atoms with van der Waals surface area (Å²) in [5, 5.41) is 23.1. The molecule has 116 valence electrons. The van der Waals surface area contributed by atoms with Gasteiger partial charge in [0.15, 0.2) is 0 Å². The molecule has 0 radical (unpaired) electrons. The molecule has 4 N–H and O–H groups in total. The average Bonchev–Trinajstić information content (AvgIpc) is 2.63. The highest BCUT2D eigenvalue weighted by molar-refractivity contribution is 6.01. The van der Waals surface area contributed by atoms with Gasteiger partial charge in [0, 0.05) is 26.4 Å². The first kappa shape index (κ1) is 15.2. The first-order valence-corrected chi connectivity index (χ1v) is 6.81. The SMILES string of the molecule is CC(=O)NCCC(=O)NC(=N)[C@@H]1CC[C@@H]2CN1C(=O)N2O. The second kappa shape index (κ2) is 6.08. The Morgan fingerprint density at radius 2 is 2.14 bits per heavy atom. The Morgan fingerprint density at radius 1 is 1.43 bits per heavy atom. The molecular weight excluding hydrogens is 278 g/mol. The van der Waals surface area contributed by atoms with Crippen molar-refractivity contribution in [2.75, 3.05) is 13.1 Å². The monoisotopic (exact) mass is 297 g/mol. The predicted octanol–water partition coefficient (Wildman–Crippen LogP) is -0.736. The fourth-order valence-electron chi connectivity index (χ4n) is 2.60. The van der Waals surface area contributed by atoms with Gasteiger partial charge in [-0.05, 0) is 12.8 Å². The molecule has 0 spiro atoms. The Labute approximate surface area is 121 Å². The van der Waals surface area contributed by atoms with Crippen molar-refractivity contribution in [1.82, 2.24) is 20.6 Å². The maximum Gasteiger partial charge on any atom is 0.344 e. The van der Waals surface area contributed by atoms with E-state index >= 15 is 0 Å². The lowest BCUT2D eigenvalue weighted by atomic mass is 10.00. The number of hydroxylamine groups is 2. The summed E-state index contributed by atoms with van der Waals surface area (Å²) in [7, 11) is 0. The van der Waals surface area contributed by atoms with Crippen molar-refractivity contribution in [1.29, 1.82) is 5.41 Å². The summed E-state index contributed by atoms with van der Waals surface area (Å²) < 4.78 is 0. The molecule has 2 aliphatic rings. The molecule has 2 aliphatic heterocycles. The molecule has 2 rings (SSSR count). The second-order valence-corrected chi connectivity index (χ2v) is 5.22. The topological polar surface area (TPSA) is 126 Å². The lowest BCUT2D eigenvalue weighted by Gasteiger charge is -2.30. The van der Waals surface area contributed by atoms with E-state index in [1.807, 2.05) is 0 Å². The average molecular weight is 297 g/mol. The lowest BCUT2D eigenvalue weighted by molar-refractivity contribution is -0.120. The zero-order valence-electron chi connectivity index (χ0n) is 11.8. The number of nitrogens with zero attached hydrogens (tertiary/aromatic N) is 2. The first-order chi connectivity index (χ1) is 9.90. The summed E-state index contributed by atoms with van der Waals surface area (Å²) >= 11 is 0. The maximum atomic E-state index is 11.8. The van der Waals surface area contributed by atoms with Crippen LogP contribution in [0.3, 0.4) is 0 Å². The first-order valence-electron chi connectivity index (χ1n) is 6.81. The van der Waals surface area contributed by atoms with E-state index in [9.17, 15) is 19.6 Å². The van der Waals surface area contributed by atoms with Crippen LogP contribution in [0.1, 0.15) is 26.2 Å². The predicted molar refractivity (Wildman–Crippen MR) is 71.7 cm³/mol. The molecule has 4 amide bonds. The quantitative estimate of drug-likeness (QED) is 0.310. The van der Waals surface area contributed by atoms with Crippen LogP contribution in [0.15, 0.2) is 0 Å². The van der Waals surface area contributed by atoms with Crippen LogP contribution in [0.2, 0.25) is 0 Å². The summed E-state index contributed by atoms with van der Waals surface area (Å²) in [5.41, 5.74) is 0. The molecule has 2 saturated heterocycles. The fourth-order valence-corrected chi connectivity index (χ4v) is 2.60. The molecule has 0 saturated carbocycles. The summed E-state index contributed by atoms with van der Waals surface area (Å²) in [4.78, 5) is 35.5. The van der Waals surface area contributed by atoms with Crippen molar-refractivity contribution in [3.05, 3.63) is 0 Å². The number of piperidine rings is 1. The molecule has 21 heavy (non-hydrogen) atoms. The number of amidine groups is 1. The van der Waals surface area contributed by atoms with Gasteiger partial charge in [-0.15, -0.1) is 0 Å². The van der Waals surface area contributed by atoms with Crippen molar-refractivity contribution in [2.24, 2.45) is 0 Å². The van der Waals surface area contributed by atoms with Crippen LogP contribution in [0.25, 0.3) is 0 Å². The molecule has 0 aromatic rings. The number of rotatable bonds is 4. The third-order valence-corrected chi connectivity index (χ3v) is 3.68. The van der Waals surface area contributed by atoms with Gasteiger partial charge in [0.25, 0.3) is 0 Å². The van der Waals surface area contributed by atoms with Gasteiger partial charge in [-0.25, -0.2) is 9.86 Å². The van der Waals surface area contributed by atoms with Crippen LogP contribution in [0.4, 0.5) is 4.79 Å². The minimum absolute atomic E-state index is 0.0510. The van der Waals surface area contributed by atoms with Gasteiger partial charge >= 0.3 is 6.03 Å². The summed E-state index contributed by atoms with van der Waals surface area (Å²) in [6.45, 7) is 1.93. The van der Waals surface area contributed by atoms with Crippen LogP contribution in [-0.4, -0.2) is 64.0 Å². The molecule has 0 unspecified atom stereocenters. The van der Waals surface area contributed by atoms with Crippen molar-refractivity contribution >= 4 is 23.7 Å². The van der Waals surface area contributed by atoms with E-state index in [0.717, 1.165) is 0 Å². The number of nitrogens with one attached hydrogen (secondary N) is 3. The molecule has 9 heteroatoms. The van der Waals surface area contributed by atoms with E-state index in [4.69, 9.17) is 5.41 Å². The molecule has 0 aliphatic carbocycles. The smallest absolute Gasteiger partial charge is 0.344 e. The highest BCUT2D eigenvalue weighted by atomic mass is 16.5. The van der Waals surface area contributed by atoms with Gasteiger partial charge in [0.1, 0.15) is 5.84 Å². The van der Waals surface area contributed by atoms with Gasteiger partial charge < -0.3 is 15.5 Å². The summed E-state index contributed by atoms with van der Waals surface area (Å²) in [5.74, 6) is -0.657. The van der Waals surface area contributed by atoms with Crippen LogP contribution < -0.4 is 10.6 Å². The van der Waals surface area contributed by atoms with E-state index in [1.165, 1.54) is 11.8 Å². The minimum Gasteiger partial charge on any atom is -0.356 e. The Morgan fingerprint density at radius 3 is 2.81 bits per heavy atom. The number of fused-ring (bicyclic) bond motifs is 2. The number of carbonyl (C=O) groups excluding carboxylic acids is 3. The van der Waals surface area contributed by atoms with E-state index in [0.29, 0.717) is 24.4 Å². The Hall–Kier alpha value is -2.16. The van der Waals surface area contributed by atoms with Gasteiger partial charge in [-0.2, -0.15) is 0 Å². The number of hydrogen-bond acceptors (Lipinski definition) is 5. The zero-order valence-corrected chi connectivity index (χ0v) is 11.8. The number of carbonyl (C=O) groups is 3. The van der Waals surface area contributed by atoms with Crippen LogP contribution >= 0.6 is 0 Å². The second-order valence-electron chi connectivity index (χ2n) is 5.22. The molecule has 0 aromatic heterocycles. The van der Waals surface area contributed by atoms with E-state index in [-0.39, 0.29) is 36.7 Å². The number of urea groups is 1. The lowest BCUT2D eigenvalue weighted by Crippen LogP contribution is -2.51. The van der Waals surface area contributed by atoms with Crippen molar-refractivity contribution in [3.63, 3.8) is 0 Å². The Bertz CT molecular complexity index is 480. The Kier molecular flexibility index (Phi) is 4.41. The summed E-state index contributed by atoms with van der Waals surface area (Å²) in [6.07, 6.45) is 1.18. The van der Waals surface area contributed by atoms with E-state index in [1.54, 1.807) is 0 Å². The maximum absolute atomic E-state index is 11.8. The van der Waals surface area contributed by atoms with Gasteiger partial charge in [0.2, 0.25) is 11.8 Å². The van der Waals surface area contributed by atoms with Crippen LogP contribution in [-0.2, 0) is 9.59 Å². The Balaban J connectivity index is 1.85. The van der Waals surface area contributed by atoms with Gasteiger partial charge in [-0.1, -0.05) is 0 Å². The molecule has 2 heterocycles. The van der Waals surface area contributed by atoms with Crippen molar-refractivity contribution < 1.29 is 19.6 Å². The molecule has 0 aromatic carbocycles. The third kappa shape index (κ3) is 3.30. The fraction of sp³-hybridized carbons (Fsp3) is 0.667. The number of amides is 4. The molecule has 2 fully saturated rings. The highest BCUT2D eigenvalue weighted by Gasteiger charge is 2.45. The van der Waals surface area contributed by atoms with Gasteiger partial charge in [-0.3, -0.25) is 20.2 Å². The normalized spacial score (nSPS) is 24.0. The molecular formula is C12H19N5O4. The van der Waals surface area contributed by atoms with Gasteiger partial charge in [0.05, 0.1) is 12.1 Å². The summed E-state index contributed by atoms with van der Waals surface area (Å²) in [6, 6.07) is -1.27. The van der Waals surface area contributed by atoms with Crippen LogP contribution in [0, 0.1) is 5.41 Å². The van der Waals surface area contributed by atoms with Crippen LogP contribution in [0.5, 0.6) is 0 Å². The van der Waals surface area contributed by atoms with Crippen molar-refractivity contribution in [3.8, 4) is 0 Å². The number of hydrogen-bond donors (Lipinski definition) is 4.